The van der Waals surface area contributed by atoms with Crippen molar-refractivity contribution in [1.82, 2.24) is 9.36 Å². The minimum atomic E-state index is -0.320. The summed E-state index contributed by atoms with van der Waals surface area (Å²) in [6.07, 6.45) is 0.622. The van der Waals surface area contributed by atoms with Gasteiger partial charge < -0.3 is 9.64 Å². The Morgan fingerprint density at radius 2 is 1.76 bits per heavy atom. The van der Waals surface area contributed by atoms with E-state index in [-0.39, 0.29) is 17.6 Å². The first-order valence-corrected chi connectivity index (χ1v) is 9.83. The van der Waals surface area contributed by atoms with Gasteiger partial charge >= 0.3 is 5.97 Å². The number of nitrogens with one attached hydrogen (secondary N) is 1. The lowest BCUT2D eigenvalue weighted by Gasteiger charge is -2.31. The molecule has 0 saturated heterocycles. The van der Waals surface area contributed by atoms with Gasteiger partial charge in [-0.05, 0) is 24.6 Å². The number of hydrogen-bond acceptors (Lipinski definition) is 3. The Balaban J connectivity index is 1.73. The lowest BCUT2D eigenvalue weighted by Crippen LogP contribution is -3.15. The van der Waals surface area contributed by atoms with Crippen molar-refractivity contribution >= 4 is 5.97 Å². The molecule has 0 radical (unpaired) electrons. The third-order valence-corrected chi connectivity index (χ3v) is 6.02. The van der Waals surface area contributed by atoms with Crippen molar-refractivity contribution in [2.75, 3.05) is 7.11 Å². The first-order chi connectivity index (χ1) is 14.0. The van der Waals surface area contributed by atoms with E-state index in [9.17, 15) is 9.59 Å². The SMILES string of the molecule is COC(=O)[C@@H]1Cc2ccccc2C[NH+]1Cc1c(C)n(C)n(-c2ccccc2)c1=O. The molecule has 1 aliphatic heterocycles. The van der Waals surface area contributed by atoms with Crippen LogP contribution in [0.15, 0.2) is 59.4 Å². The second kappa shape index (κ2) is 7.72. The summed E-state index contributed by atoms with van der Waals surface area (Å²) >= 11 is 0. The van der Waals surface area contributed by atoms with Crippen LogP contribution in [0, 0.1) is 6.92 Å². The summed E-state index contributed by atoms with van der Waals surface area (Å²) in [7, 11) is 3.32. The van der Waals surface area contributed by atoms with Gasteiger partial charge in [0.2, 0.25) is 0 Å². The molecule has 0 saturated carbocycles. The van der Waals surface area contributed by atoms with Crippen LogP contribution in [-0.4, -0.2) is 28.5 Å². The molecule has 1 unspecified atom stereocenters. The van der Waals surface area contributed by atoms with E-state index in [0.29, 0.717) is 19.5 Å². The minimum absolute atomic E-state index is 0.0359. The number of quaternary nitrogens is 1. The van der Waals surface area contributed by atoms with Gasteiger partial charge in [0, 0.05) is 24.7 Å². The Labute approximate surface area is 169 Å². The normalized spacial score (nSPS) is 18.3. The van der Waals surface area contributed by atoms with Gasteiger partial charge in [-0.15, -0.1) is 0 Å². The molecule has 0 aliphatic carbocycles. The van der Waals surface area contributed by atoms with Gasteiger partial charge in [0.05, 0.1) is 18.4 Å². The number of aromatic nitrogens is 2. The average Bonchev–Trinajstić information content (AvgIpc) is 2.96. The lowest BCUT2D eigenvalue weighted by molar-refractivity contribution is -0.946. The highest BCUT2D eigenvalue weighted by atomic mass is 16.5. The van der Waals surface area contributed by atoms with Crippen LogP contribution < -0.4 is 10.5 Å². The summed E-state index contributed by atoms with van der Waals surface area (Å²) in [5.41, 5.74) is 4.84. The summed E-state index contributed by atoms with van der Waals surface area (Å²) in [4.78, 5) is 26.8. The van der Waals surface area contributed by atoms with Crippen LogP contribution in [0.3, 0.4) is 0 Å². The maximum Gasteiger partial charge on any atom is 0.365 e. The van der Waals surface area contributed by atoms with Gasteiger partial charge in [-0.25, -0.2) is 9.48 Å². The summed E-state index contributed by atoms with van der Waals surface area (Å²) in [6, 6.07) is 17.5. The van der Waals surface area contributed by atoms with Crippen molar-refractivity contribution in [1.29, 1.82) is 0 Å². The molecule has 6 heteroatoms. The van der Waals surface area contributed by atoms with Crippen molar-refractivity contribution in [3.8, 4) is 5.69 Å². The van der Waals surface area contributed by atoms with Crippen molar-refractivity contribution < 1.29 is 14.4 Å². The van der Waals surface area contributed by atoms with Crippen LogP contribution in [-0.2, 0) is 36.1 Å². The van der Waals surface area contributed by atoms with Crippen LogP contribution in [0.1, 0.15) is 22.4 Å². The number of methoxy groups -OCH3 is 1. The number of nitrogens with zero attached hydrogens (tertiary/aromatic N) is 2. The largest absolute Gasteiger partial charge is 0.465 e. The van der Waals surface area contributed by atoms with E-state index >= 15 is 0 Å². The van der Waals surface area contributed by atoms with Crippen LogP contribution in [0.4, 0.5) is 0 Å². The molecule has 4 rings (SSSR count). The van der Waals surface area contributed by atoms with E-state index in [1.807, 2.05) is 61.1 Å². The van der Waals surface area contributed by atoms with Gasteiger partial charge in [-0.2, -0.15) is 0 Å². The van der Waals surface area contributed by atoms with Crippen molar-refractivity contribution in [3.63, 3.8) is 0 Å². The molecule has 3 aromatic rings. The Hall–Kier alpha value is -3.12. The zero-order valence-electron chi connectivity index (χ0n) is 17.0. The predicted molar refractivity (Wildman–Crippen MR) is 110 cm³/mol. The molecule has 29 heavy (non-hydrogen) atoms. The Bertz CT molecular complexity index is 1100. The van der Waals surface area contributed by atoms with Crippen molar-refractivity contribution in [2.24, 2.45) is 7.05 Å². The maximum atomic E-state index is 13.3. The number of benzene rings is 2. The van der Waals surface area contributed by atoms with E-state index in [4.69, 9.17) is 4.74 Å². The standard InChI is InChI=1S/C23H25N3O3/c1-16-20(22(27)26(24(16)2)19-11-5-4-6-12-19)15-25-14-18-10-8-7-9-17(18)13-21(25)23(28)29-3/h4-12,21H,13-15H2,1-3H3/p+1/t21-/m0/s1. The lowest BCUT2D eigenvalue weighted by atomic mass is 9.93. The molecule has 2 heterocycles. The fourth-order valence-electron chi connectivity index (χ4n) is 4.29. The molecule has 0 spiro atoms. The summed E-state index contributed by atoms with van der Waals surface area (Å²) < 4.78 is 8.66. The summed E-state index contributed by atoms with van der Waals surface area (Å²) in [5, 5.41) is 0. The summed E-state index contributed by atoms with van der Waals surface area (Å²) in [6.45, 7) is 3.13. The molecule has 0 amide bonds. The second-order valence-corrected chi connectivity index (χ2v) is 7.60. The van der Waals surface area contributed by atoms with E-state index in [0.717, 1.165) is 21.8 Å². The first-order valence-electron chi connectivity index (χ1n) is 9.83. The van der Waals surface area contributed by atoms with Gasteiger partial charge in [-0.3, -0.25) is 9.48 Å². The number of carbonyl (C=O) groups is 1. The predicted octanol–water partition coefficient (Wildman–Crippen LogP) is 1.17. The number of hydrogen-bond donors (Lipinski definition) is 1. The van der Waals surface area contributed by atoms with Crippen LogP contribution in [0.2, 0.25) is 0 Å². The molecule has 2 aromatic carbocycles. The van der Waals surface area contributed by atoms with Crippen molar-refractivity contribution in [3.05, 3.63) is 87.3 Å². The Kier molecular flexibility index (Phi) is 5.11. The molecular formula is C23H26N3O3+. The monoisotopic (exact) mass is 392 g/mol. The number of carbonyl (C=O) groups excluding carboxylic acids is 1. The molecule has 0 fully saturated rings. The number of rotatable bonds is 4. The Morgan fingerprint density at radius 1 is 1.10 bits per heavy atom. The Morgan fingerprint density at radius 3 is 2.45 bits per heavy atom. The third-order valence-electron chi connectivity index (χ3n) is 6.02. The van der Waals surface area contributed by atoms with Gasteiger partial charge in [0.1, 0.15) is 13.1 Å². The fourth-order valence-corrected chi connectivity index (χ4v) is 4.29. The van der Waals surface area contributed by atoms with Gasteiger partial charge in [0.15, 0.2) is 6.04 Å². The molecule has 1 aromatic heterocycles. The minimum Gasteiger partial charge on any atom is -0.465 e. The molecule has 1 N–H and O–H groups in total. The van der Waals surface area contributed by atoms with Gasteiger partial charge in [-0.1, -0.05) is 42.5 Å². The van der Waals surface area contributed by atoms with E-state index in [1.54, 1.807) is 4.68 Å². The number of para-hydroxylation sites is 1. The third kappa shape index (κ3) is 3.40. The maximum absolute atomic E-state index is 13.3. The smallest absolute Gasteiger partial charge is 0.365 e. The fraction of sp³-hybridized carbons (Fsp3) is 0.304. The van der Waals surface area contributed by atoms with Crippen LogP contribution in [0.5, 0.6) is 0 Å². The number of fused-ring (bicyclic) bond motifs is 1. The number of esters is 1. The zero-order valence-corrected chi connectivity index (χ0v) is 17.0. The van der Waals surface area contributed by atoms with Crippen LogP contribution in [0.25, 0.3) is 5.69 Å². The van der Waals surface area contributed by atoms with Crippen molar-refractivity contribution in [2.45, 2.75) is 32.5 Å². The highest BCUT2D eigenvalue weighted by Gasteiger charge is 2.37. The molecule has 0 bridgehead atoms. The number of ether oxygens (including phenoxy) is 1. The summed E-state index contributed by atoms with van der Waals surface area (Å²) in [5.74, 6) is -0.230. The first kappa shape index (κ1) is 19.2. The second-order valence-electron chi connectivity index (χ2n) is 7.60. The zero-order chi connectivity index (χ0) is 20.5. The van der Waals surface area contributed by atoms with E-state index in [2.05, 4.69) is 12.1 Å². The van der Waals surface area contributed by atoms with Gasteiger partial charge in [0.25, 0.3) is 5.56 Å². The molecular weight excluding hydrogens is 366 g/mol. The molecule has 150 valence electrons. The van der Waals surface area contributed by atoms with E-state index < -0.39 is 0 Å². The van der Waals surface area contributed by atoms with E-state index in [1.165, 1.54) is 18.2 Å². The quantitative estimate of drug-likeness (QED) is 0.678. The molecule has 2 atom stereocenters. The highest BCUT2D eigenvalue weighted by molar-refractivity contribution is 5.74. The molecule has 6 nitrogen and oxygen atoms in total. The van der Waals surface area contributed by atoms with Crippen LogP contribution >= 0.6 is 0 Å². The average molecular weight is 392 g/mol. The molecule has 1 aliphatic rings. The topological polar surface area (TPSA) is 57.7 Å². The highest BCUT2D eigenvalue weighted by Crippen LogP contribution is 2.16.